The monoisotopic (exact) mass is 360 g/mol. The van der Waals surface area contributed by atoms with E-state index < -0.39 is 0 Å². The van der Waals surface area contributed by atoms with E-state index in [1.54, 1.807) is 6.07 Å². The summed E-state index contributed by atoms with van der Waals surface area (Å²) in [6.45, 7) is 9.05. The van der Waals surface area contributed by atoms with Crippen LogP contribution in [0.2, 0.25) is 0 Å². The Balaban J connectivity index is 0.000000166. The fraction of sp³-hybridized carbons (Fsp3) is 0.240. The lowest BCUT2D eigenvalue weighted by Crippen LogP contribution is -1.91. The van der Waals surface area contributed by atoms with Gasteiger partial charge in [0.15, 0.2) is 0 Å². The van der Waals surface area contributed by atoms with Crippen molar-refractivity contribution in [3.8, 4) is 11.1 Å². The molecule has 0 fully saturated rings. The Labute approximate surface area is 162 Å². The summed E-state index contributed by atoms with van der Waals surface area (Å²) >= 11 is 0. The quantitative estimate of drug-likeness (QED) is 0.452. The normalized spacial score (nSPS) is 11.5. The van der Waals surface area contributed by atoms with Gasteiger partial charge in [-0.25, -0.2) is 4.79 Å². The van der Waals surface area contributed by atoms with Crippen molar-refractivity contribution in [1.82, 2.24) is 0 Å². The van der Waals surface area contributed by atoms with Crippen molar-refractivity contribution in [2.75, 3.05) is 0 Å². The summed E-state index contributed by atoms with van der Waals surface area (Å²) in [5, 5.41) is 0. The summed E-state index contributed by atoms with van der Waals surface area (Å²) < 4.78 is 4.78. The SMILES string of the molecule is CC(C)C.Cc1ccc(-c2ccccc2)cc1.O=C1OCc2ccccc21. The first-order chi connectivity index (χ1) is 13.0. The van der Waals surface area contributed by atoms with Crippen LogP contribution in [0, 0.1) is 12.8 Å². The zero-order chi connectivity index (χ0) is 19.6. The second-order valence-corrected chi connectivity index (χ2v) is 7.20. The number of hydrogen-bond donors (Lipinski definition) is 0. The highest BCUT2D eigenvalue weighted by atomic mass is 16.5. The van der Waals surface area contributed by atoms with Crippen LogP contribution in [0.25, 0.3) is 11.1 Å². The van der Waals surface area contributed by atoms with Crippen LogP contribution in [0.1, 0.15) is 42.3 Å². The van der Waals surface area contributed by atoms with Crippen molar-refractivity contribution in [1.29, 1.82) is 0 Å². The third-order valence-electron chi connectivity index (χ3n) is 3.75. The molecule has 0 amide bonds. The second kappa shape index (κ2) is 10.3. The molecular weight excluding hydrogens is 332 g/mol. The molecule has 0 bridgehead atoms. The highest BCUT2D eigenvalue weighted by molar-refractivity contribution is 5.93. The molecule has 0 spiro atoms. The van der Waals surface area contributed by atoms with E-state index in [0.717, 1.165) is 11.5 Å². The van der Waals surface area contributed by atoms with Crippen molar-refractivity contribution in [2.45, 2.75) is 34.3 Å². The number of esters is 1. The predicted octanol–water partition coefficient (Wildman–Crippen LogP) is 6.68. The number of fused-ring (bicyclic) bond motifs is 1. The first-order valence-electron chi connectivity index (χ1n) is 9.34. The van der Waals surface area contributed by atoms with E-state index in [1.807, 2.05) is 24.3 Å². The van der Waals surface area contributed by atoms with Crippen molar-refractivity contribution < 1.29 is 9.53 Å². The summed E-state index contributed by atoms with van der Waals surface area (Å²) in [7, 11) is 0. The molecule has 4 rings (SSSR count). The lowest BCUT2D eigenvalue weighted by Gasteiger charge is -2.00. The topological polar surface area (TPSA) is 26.3 Å². The van der Waals surface area contributed by atoms with Crippen LogP contribution in [0.4, 0.5) is 0 Å². The maximum atomic E-state index is 10.8. The average molecular weight is 360 g/mol. The molecular formula is C25H28O2. The first kappa shape index (κ1) is 20.4. The third kappa shape index (κ3) is 6.74. The summed E-state index contributed by atoms with van der Waals surface area (Å²) in [5.41, 5.74) is 5.57. The Bertz CT molecular complexity index is 831. The molecule has 0 saturated carbocycles. The van der Waals surface area contributed by atoms with Crippen LogP contribution in [0.3, 0.4) is 0 Å². The molecule has 0 saturated heterocycles. The molecule has 0 N–H and O–H groups in total. The van der Waals surface area contributed by atoms with Gasteiger partial charge in [0.25, 0.3) is 0 Å². The van der Waals surface area contributed by atoms with Crippen LogP contribution in [0.15, 0.2) is 78.9 Å². The Hall–Kier alpha value is -2.87. The molecule has 0 aliphatic carbocycles. The van der Waals surface area contributed by atoms with Gasteiger partial charge in [0.2, 0.25) is 0 Å². The minimum absolute atomic E-state index is 0.199. The molecule has 2 heteroatoms. The number of rotatable bonds is 1. The molecule has 1 heterocycles. The standard InChI is InChI=1S/C13H12.C8H6O2.C4H10/c1-11-7-9-13(10-8-11)12-5-3-2-4-6-12;9-8-7-4-2-1-3-6(7)5-10-8;1-4(2)3/h2-10H,1H3;1-4H,5H2;4H,1-3H3. The number of cyclic esters (lactones) is 1. The van der Waals surface area contributed by atoms with Crippen LogP contribution in [-0.2, 0) is 11.3 Å². The fourth-order valence-corrected chi connectivity index (χ4v) is 2.44. The molecule has 0 atom stereocenters. The lowest BCUT2D eigenvalue weighted by molar-refractivity contribution is 0.0535. The summed E-state index contributed by atoms with van der Waals surface area (Å²) in [5.74, 6) is 0.635. The highest BCUT2D eigenvalue weighted by Gasteiger charge is 2.18. The molecule has 2 nitrogen and oxygen atoms in total. The van der Waals surface area contributed by atoms with E-state index in [4.69, 9.17) is 4.74 Å². The molecule has 1 aliphatic rings. The van der Waals surface area contributed by atoms with Gasteiger partial charge in [0, 0.05) is 5.56 Å². The van der Waals surface area contributed by atoms with Gasteiger partial charge in [-0.2, -0.15) is 0 Å². The van der Waals surface area contributed by atoms with E-state index >= 15 is 0 Å². The van der Waals surface area contributed by atoms with Gasteiger partial charge in [-0.15, -0.1) is 0 Å². The zero-order valence-corrected chi connectivity index (χ0v) is 16.6. The van der Waals surface area contributed by atoms with Crippen LogP contribution >= 0.6 is 0 Å². The zero-order valence-electron chi connectivity index (χ0n) is 16.6. The fourth-order valence-electron chi connectivity index (χ4n) is 2.44. The molecule has 27 heavy (non-hydrogen) atoms. The number of carbonyl (C=O) groups is 1. The van der Waals surface area contributed by atoms with Gasteiger partial charge >= 0.3 is 5.97 Å². The van der Waals surface area contributed by atoms with Gasteiger partial charge in [0.1, 0.15) is 6.61 Å². The Morgan fingerprint density at radius 1 is 0.741 bits per heavy atom. The number of hydrogen-bond acceptors (Lipinski definition) is 2. The van der Waals surface area contributed by atoms with Gasteiger partial charge in [-0.3, -0.25) is 0 Å². The minimum Gasteiger partial charge on any atom is -0.457 e. The molecule has 140 valence electrons. The first-order valence-corrected chi connectivity index (χ1v) is 9.34. The van der Waals surface area contributed by atoms with Crippen LogP contribution < -0.4 is 0 Å². The van der Waals surface area contributed by atoms with Gasteiger partial charge in [0.05, 0.1) is 5.56 Å². The Morgan fingerprint density at radius 3 is 1.85 bits per heavy atom. The number of ether oxygens (including phenoxy) is 1. The van der Waals surface area contributed by atoms with Crippen molar-refractivity contribution >= 4 is 5.97 Å². The summed E-state index contributed by atoms with van der Waals surface area (Å²) in [6, 6.07) is 26.5. The van der Waals surface area contributed by atoms with Crippen molar-refractivity contribution in [3.05, 3.63) is 95.6 Å². The second-order valence-electron chi connectivity index (χ2n) is 7.20. The molecule has 3 aromatic rings. The summed E-state index contributed by atoms with van der Waals surface area (Å²) in [4.78, 5) is 10.8. The third-order valence-corrected chi connectivity index (χ3v) is 3.75. The predicted molar refractivity (Wildman–Crippen MR) is 113 cm³/mol. The van der Waals surface area contributed by atoms with Gasteiger partial charge in [-0.05, 0) is 30.0 Å². The highest BCUT2D eigenvalue weighted by Crippen LogP contribution is 2.19. The molecule has 0 aromatic heterocycles. The Kier molecular flexibility index (Phi) is 7.81. The van der Waals surface area contributed by atoms with Gasteiger partial charge in [-0.1, -0.05) is 99.1 Å². The largest absolute Gasteiger partial charge is 0.457 e. The molecule has 0 radical (unpaired) electrons. The van der Waals surface area contributed by atoms with Crippen LogP contribution in [-0.4, -0.2) is 5.97 Å². The average Bonchev–Trinajstić information content (AvgIpc) is 3.05. The van der Waals surface area contributed by atoms with Gasteiger partial charge < -0.3 is 4.74 Å². The van der Waals surface area contributed by atoms with Crippen molar-refractivity contribution in [3.63, 3.8) is 0 Å². The molecule has 0 unspecified atom stereocenters. The van der Waals surface area contributed by atoms with Crippen LogP contribution in [0.5, 0.6) is 0 Å². The number of carbonyl (C=O) groups excluding carboxylic acids is 1. The molecule has 3 aromatic carbocycles. The van der Waals surface area contributed by atoms with E-state index in [2.05, 4.69) is 76.2 Å². The lowest BCUT2D eigenvalue weighted by atomic mass is 10.0. The van der Waals surface area contributed by atoms with E-state index in [9.17, 15) is 4.79 Å². The number of aryl methyl sites for hydroxylation is 1. The maximum absolute atomic E-state index is 10.8. The summed E-state index contributed by atoms with van der Waals surface area (Å²) in [6.07, 6.45) is 0. The maximum Gasteiger partial charge on any atom is 0.338 e. The minimum atomic E-state index is -0.199. The Morgan fingerprint density at radius 2 is 1.26 bits per heavy atom. The van der Waals surface area contributed by atoms with Crippen molar-refractivity contribution in [2.24, 2.45) is 5.92 Å². The van der Waals surface area contributed by atoms with E-state index in [-0.39, 0.29) is 5.97 Å². The smallest absolute Gasteiger partial charge is 0.338 e. The number of benzene rings is 3. The van der Waals surface area contributed by atoms with E-state index in [1.165, 1.54) is 16.7 Å². The van der Waals surface area contributed by atoms with E-state index in [0.29, 0.717) is 12.2 Å². The molecule has 1 aliphatic heterocycles.